The van der Waals surface area contributed by atoms with Gasteiger partial charge in [0.05, 0.1) is 18.1 Å². The molecule has 0 aliphatic carbocycles. The van der Waals surface area contributed by atoms with Crippen molar-refractivity contribution >= 4 is 15.9 Å². The Morgan fingerprint density at radius 1 is 1.28 bits per heavy atom. The van der Waals surface area contributed by atoms with Crippen LogP contribution in [0.5, 0.6) is 0 Å². The summed E-state index contributed by atoms with van der Waals surface area (Å²) in [7, 11) is -3.59. The molecule has 0 bridgehead atoms. The number of fused-ring (bicyclic) bond motifs is 1. The van der Waals surface area contributed by atoms with Gasteiger partial charge in [-0.05, 0) is 19.1 Å². The van der Waals surface area contributed by atoms with E-state index in [1.165, 1.54) is 13.0 Å². The maximum atomic E-state index is 11.8. The minimum absolute atomic E-state index is 0.149. The summed E-state index contributed by atoms with van der Waals surface area (Å²) in [4.78, 5) is 4.26. The summed E-state index contributed by atoms with van der Waals surface area (Å²) in [5, 5.41) is 18.4. The van der Waals surface area contributed by atoms with E-state index in [0.717, 1.165) is 0 Å². The first-order valence-corrected chi connectivity index (χ1v) is 6.84. The van der Waals surface area contributed by atoms with Crippen LogP contribution in [0.2, 0.25) is 0 Å². The molecule has 1 heterocycles. The third-order valence-electron chi connectivity index (χ3n) is 2.73. The number of aliphatic hydroxyl groups excluding tert-OH is 2. The van der Waals surface area contributed by atoms with E-state index in [2.05, 4.69) is 9.71 Å². The standard InChI is InChI=1S/C11H14N2O4S/c1-11(6-14,7-15)12-10-8-4-2-3-5-9(8)18(16,17)13-10/h2-5,14-15H,6-7H2,1H3,(H,12,13). The van der Waals surface area contributed by atoms with Crippen LogP contribution >= 0.6 is 0 Å². The fourth-order valence-corrected chi connectivity index (χ4v) is 2.84. The van der Waals surface area contributed by atoms with Gasteiger partial charge in [0.1, 0.15) is 11.4 Å². The van der Waals surface area contributed by atoms with Crippen molar-refractivity contribution in [2.45, 2.75) is 17.4 Å². The molecule has 7 heteroatoms. The minimum atomic E-state index is -3.59. The molecule has 0 radical (unpaired) electrons. The van der Waals surface area contributed by atoms with Crippen molar-refractivity contribution in [3.63, 3.8) is 0 Å². The highest BCUT2D eigenvalue weighted by Gasteiger charge is 2.32. The molecular weight excluding hydrogens is 256 g/mol. The van der Waals surface area contributed by atoms with Gasteiger partial charge in [-0.1, -0.05) is 12.1 Å². The Hall–Kier alpha value is -1.44. The second kappa shape index (κ2) is 4.34. The zero-order valence-corrected chi connectivity index (χ0v) is 10.6. The second-order valence-electron chi connectivity index (χ2n) is 4.38. The number of nitrogens with zero attached hydrogens (tertiary/aromatic N) is 1. The Morgan fingerprint density at radius 2 is 1.89 bits per heavy atom. The molecule has 0 spiro atoms. The van der Waals surface area contributed by atoms with E-state index >= 15 is 0 Å². The quantitative estimate of drug-likeness (QED) is 0.687. The van der Waals surface area contributed by atoms with Crippen LogP contribution in [0.3, 0.4) is 0 Å². The summed E-state index contributed by atoms with van der Waals surface area (Å²) in [5.74, 6) is 0.149. The van der Waals surface area contributed by atoms with Crippen molar-refractivity contribution in [1.82, 2.24) is 4.72 Å². The summed E-state index contributed by atoms with van der Waals surface area (Å²) in [5.41, 5.74) is -0.666. The van der Waals surface area contributed by atoms with Crippen LogP contribution in [-0.2, 0) is 10.0 Å². The average Bonchev–Trinajstić information content (AvgIpc) is 2.61. The number of aliphatic hydroxyl groups is 2. The Labute approximate surface area is 105 Å². The first-order chi connectivity index (χ1) is 8.42. The monoisotopic (exact) mass is 270 g/mol. The lowest BCUT2D eigenvalue weighted by atomic mass is 10.1. The highest BCUT2D eigenvalue weighted by atomic mass is 32.2. The molecule has 0 atom stereocenters. The lowest BCUT2D eigenvalue weighted by Gasteiger charge is -2.20. The van der Waals surface area contributed by atoms with E-state index in [4.69, 9.17) is 0 Å². The Morgan fingerprint density at radius 3 is 2.50 bits per heavy atom. The highest BCUT2D eigenvalue weighted by molar-refractivity contribution is 7.90. The van der Waals surface area contributed by atoms with Crippen LogP contribution in [0.4, 0.5) is 0 Å². The van der Waals surface area contributed by atoms with E-state index in [0.29, 0.717) is 5.56 Å². The molecule has 3 N–H and O–H groups in total. The summed E-state index contributed by atoms with van der Waals surface area (Å²) in [6.07, 6.45) is 0. The summed E-state index contributed by atoms with van der Waals surface area (Å²) in [6, 6.07) is 6.43. The number of nitrogens with one attached hydrogen (secondary N) is 1. The molecule has 18 heavy (non-hydrogen) atoms. The fraction of sp³-hybridized carbons (Fsp3) is 0.364. The molecule has 0 saturated heterocycles. The Balaban J connectivity index is 2.55. The van der Waals surface area contributed by atoms with Gasteiger partial charge in [-0.25, -0.2) is 8.42 Å². The smallest absolute Gasteiger partial charge is 0.263 e. The molecule has 1 aromatic rings. The topological polar surface area (TPSA) is 99.0 Å². The van der Waals surface area contributed by atoms with E-state index in [-0.39, 0.29) is 23.9 Å². The van der Waals surface area contributed by atoms with E-state index < -0.39 is 15.6 Å². The van der Waals surface area contributed by atoms with Crippen LogP contribution in [0.15, 0.2) is 34.2 Å². The van der Waals surface area contributed by atoms with Gasteiger partial charge in [0.25, 0.3) is 10.0 Å². The maximum Gasteiger partial charge on any atom is 0.263 e. The molecule has 1 aromatic carbocycles. The first kappa shape index (κ1) is 13.0. The van der Waals surface area contributed by atoms with Crippen molar-refractivity contribution in [3.8, 4) is 0 Å². The SMILES string of the molecule is CC(CO)(CO)N=C1NS(=O)(=O)c2ccccc21. The lowest BCUT2D eigenvalue weighted by Crippen LogP contribution is -2.35. The highest BCUT2D eigenvalue weighted by Crippen LogP contribution is 2.24. The van der Waals surface area contributed by atoms with Gasteiger partial charge in [0.15, 0.2) is 0 Å². The van der Waals surface area contributed by atoms with Gasteiger partial charge in [-0.3, -0.25) is 9.71 Å². The number of sulfonamides is 1. The molecule has 2 rings (SSSR count). The van der Waals surface area contributed by atoms with Gasteiger partial charge >= 0.3 is 0 Å². The molecule has 6 nitrogen and oxygen atoms in total. The van der Waals surface area contributed by atoms with Crippen molar-refractivity contribution < 1.29 is 18.6 Å². The molecule has 1 aliphatic rings. The Kier molecular flexibility index (Phi) is 3.14. The molecule has 0 unspecified atom stereocenters. The molecule has 98 valence electrons. The molecular formula is C11H14N2O4S. The van der Waals surface area contributed by atoms with Crippen LogP contribution in [0, 0.1) is 0 Å². The normalized spacial score (nSPS) is 19.6. The van der Waals surface area contributed by atoms with Crippen LogP contribution in [0.25, 0.3) is 0 Å². The minimum Gasteiger partial charge on any atom is -0.394 e. The van der Waals surface area contributed by atoms with Crippen molar-refractivity contribution in [2.75, 3.05) is 13.2 Å². The van der Waals surface area contributed by atoms with Gasteiger partial charge in [0, 0.05) is 5.56 Å². The van der Waals surface area contributed by atoms with Crippen LogP contribution < -0.4 is 4.72 Å². The molecule has 0 fully saturated rings. The number of benzene rings is 1. The number of rotatable bonds is 3. The van der Waals surface area contributed by atoms with E-state index in [9.17, 15) is 18.6 Å². The van der Waals surface area contributed by atoms with Gasteiger partial charge in [0.2, 0.25) is 0 Å². The number of hydrogen-bond acceptors (Lipinski definition) is 5. The first-order valence-electron chi connectivity index (χ1n) is 5.36. The summed E-state index contributed by atoms with van der Waals surface area (Å²) in [6.45, 7) is 0.781. The van der Waals surface area contributed by atoms with E-state index in [1.807, 2.05) is 0 Å². The third-order valence-corrected chi connectivity index (χ3v) is 4.12. The molecule has 0 saturated carbocycles. The van der Waals surface area contributed by atoms with Crippen molar-refractivity contribution in [1.29, 1.82) is 0 Å². The zero-order chi connectivity index (χ0) is 13.4. The average molecular weight is 270 g/mol. The van der Waals surface area contributed by atoms with E-state index in [1.54, 1.807) is 18.2 Å². The van der Waals surface area contributed by atoms with Gasteiger partial charge < -0.3 is 10.2 Å². The van der Waals surface area contributed by atoms with Gasteiger partial charge in [-0.2, -0.15) is 0 Å². The van der Waals surface area contributed by atoms with Crippen LogP contribution in [-0.4, -0.2) is 43.2 Å². The summed E-state index contributed by atoms with van der Waals surface area (Å²) < 4.78 is 25.9. The third kappa shape index (κ3) is 2.12. The second-order valence-corrected chi connectivity index (χ2v) is 6.03. The fourth-order valence-electron chi connectivity index (χ4n) is 1.61. The van der Waals surface area contributed by atoms with Crippen molar-refractivity contribution in [3.05, 3.63) is 29.8 Å². The number of aliphatic imine (C=N–C) groups is 1. The predicted octanol–water partition coefficient (Wildman–Crippen LogP) is -0.532. The zero-order valence-electron chi connectivity index (χ0n) is 9.79. The molecule has 1 aliphatic heterocycles. The largest absolute Gasteiger partial charge is 0.394 e. The van der Waals surface area contributed by atoms with Crippen molar-refractivity contribution in [2.24, 2.45) is 4.99 Å². The molecule has 0 aromatic heterocycles. The predicted molar refractivity (Wildman–Crippen MR) is 65.9 cm³/mol. The number of hydrogen-bond donors (Lipinski definition) is 3. The maximum absolute atomic E-state index is 11.8. The van der Waals surface area contributed by atoms with Gasteiger partial charge in [-0.15, -0.1) is 0 Å². The summed E-state index contributed by atoms with van der Waals surface area (Å²) >= 11 is 0. The Bertz CT molecular complexity index is 591. The van der Waals surface area contributed by atoms with Crippen LogP contribution in [0.1, 0.15) is 12.5 Å². The molecule has 0 amide bonds. The number of amidine groups is 1. The lowest BCUT2D eigenvalue weighted by molar-refractivity contribution is 0.135.